The van der Waals surface area contributed by atoms with Gasteiger partial charge in [0.1, 0.15) is 5.76 Å². The Morgan fingerprint density at radius 2 is 2.29 bits per heavy atom. The number of nitrogens with one attached hydrogen (secondary N) is 1. The van der Waals surface area contributed by atoms with Crippen LogP contribution in [-0.2, 0) is 6.54 Å². The van der Waals surface area contributed by atoms with E-state index in [1.54, 1.807) is 6.20 Å². The molecule has 0 aromatic carbocycles. The quantitative estimate of drug-likeness (QED) is 0.647. The van der Waals surface area contributed by atoms with Crippen LogP contribution in [0.3, 0.4) is 0 Å². The van der Waals surface area contributed by atoms with Crippen LogP contribution in [0.15, 0.2) is 10.6 Å². The molecule has 0 amide bonds. The van der Waals surface area contributed by atoms with E-state index in [-0.39, 0.29) is 0 Å². The molecule has 0 aliphatic rings. The summed E-state index contributed by atoms with van der Waals surface area (Å²) < 4.78 is 5.30. The molecule has 1 aromatic heterocycles. The van der Waals surface area contributed by atoms with Crippen LogP contribution < -0.4 is 5.32 Å². The second-order valence-electron chi connectivity index (χ2n) is 3.33. The minimum absolute atomic E-state index is 0.291. The number of unbranched alkanes of at least 4 members (excludes halogenated alkanes) is 2. The first kappa shape index (κ1) is 11.2. The third kappa shape index (κ3) is 4.39. The van der Waals surface area contributed by atoms with Crippen LogP contribution in [0, 0.1) is 6.92 Å². The van der Waals surface area contributed by atoms with Gasteiger partial charge in [0.05, 0.1) is 12.7 Å². The Balaban J connectivity index is 1.99. The Labute approximate surface area is 84.3 Å². The van der Waals surface area contributed by atoms with E-state index >= 15 is 0 Å². The lowest BCUT2D eigenvalue weighted by molar-refractivity contribution is 0.282. The molecule has 2 N–H and O–H groups in total. The molecular formula is C10H18N2O2. The second-order valence-corrected chi connectivity index (χ2v) is 3.33. The van der Waals surface area contributed by atoms with E-state index in [2.05, 4.69) is 10.3 Å². The summed E-state index contributed by atoms with van der Waals surface area (Å²) in [6, 6.07) is 0. The Hall–Kier alpha value is -0.870. The third-order valence-electron chi connectivity index (χ3n) is 1.96. The predicted molar refractivity (Wildman–Crippen MR) is 53.9 cm³/mol. The first-order chi connectivity index (χ1) is 6.83. The number of nitrogens with zero attached hydrogens (tertiary/aromatic N) is 1. The number of rotatable bonds is 7. The van der Waals surface area contributed by atoms with Crippen LogP contribution >= 0.6 is 0 Å². The fraction of sp³-hybridized carbons (Fsp3) is 0.700. The average Bonchev–Trinajstić information content (AvgIpc) is 2.58. The number of aliphatic hydroxyl groups is 1. The Morgan fingerprint density at radius 1 is 1.43 bits per heavy atom. The molecule has 0 bridgehead atoms. The van der Waals surface area contributed by atoms with Crippen LogP contribution in [0.5, 0.6) is 0 Å². The van der Waals surface area contributed by atoms with Crippen molar-refractivity contribution >= 4 is 0 Å². The first-order valence-electron chi connectivity index (χ1n) is 5.06. The van der Waals surface area contributed by atoms with E-state index in [4.69, 9.17) is 9.52 Å². The Kier molecular flexibility index (Phi) is 5.25. The largest absolute Gasteiger partial charge is 0.445 e. The van der Waals surface area contributed by atoms with Crippen molar-refractivity contribution in [3.8, 4) is 0 Å². The number of aromatic nitrogens is 1. The highest BCUT2D eigenvalue weighted by Gasteiger charge is 1.98. The fourth-order valence-corrected chi connectivity index (χ4v) is 1.22. The Bertz CT molecular complexity index is 248. The number of aliphatic hydroxyl groups excluding tert-OH is 1. The summed E-state index contributed by atoms with van der Waals surface area (Å²) in [5.41, 5.74) is 0. The summed E-state index contributed by atoms with van der Waals surface area (Å²) in [6.07, 6.45) is 4.76. The maximum absolute atomic E-state index is 8.56. The number of hydrogen-bond donors (Lipinski definition) is 2. The average molecular weight is 198 g/mol. The molecule has 0 spiro atoms. The lowest BCUT2D eigenvalue weighted by atomic mass is 10.2. The van der Waals surface area contributed by atoms with Gasteiger partial charge in [0.2, 0.25) is 5.89 Å². The van der Waals surface area contributed by atoms with E-state index < -0.39 is 0 Å². The first-order valence-corrected chi connectivity index (χ1v) is 5.06. The van der Waals surface area contributed by atoms with Crippen molar-refractivity contribution in [3.05, 3.63) is 17.8 Å². The standard InChI is InChI=1S/C10H18N2O2/c1-9-7-12-10(14-9)8-11-5-3-2-4-6-13/h7,11,13H,2-6,8H2,1H3. The van der Waals surface area contributed by atoms with Crippen molar-refractivity contribution in [1.82, 2.24) is 10.3 Å². The molecule has 0 saturated carbocycles. The van der Waals surface area contributed by atoms with Crippen molar-refractivity contribution in [2.75, 3.05) is 13.2 Å². The molecule has 1 rings (SSSR count). The molecule has 0 atom stereocenters. The molecule has 80 valence electrons. The van der Waals surface area contributed by atoms with Gasteiger partial charge in [-0.05, 0) is 32.7 Å². The van der Waals surface area contributed by atoms with Gasteiger partial charge in [-0.15, -0.1) is 0 Å². The lowest BCUT2D eigenvalue weighted by Crippen LogP contribution is -2.14. The molecule has 14 heavy (non-hydrogen) atoms. The molecule has 0 aliphatic carbocycles. The van der Waals surface area contributed by atoms with Crippen molar-refractivity contribution in [3.63, 3.8) is 0 Å². The normalized spacial score (nSPS) is 10.7. The fourth-order valence-electron chi connectivity index (χ4n) is 1.22. The van der Waals surface area contributed by atoms with Gasteiger partial charge in [0.15, 0.2) is 0 Å². The van der Waals surface area contributed by atoms with Crippen LogP contribution in [0.2, 0.25) is 0 Å². The van der Waals surface area contributed by atoms with E-state index in [1.165, 1.54) is 0 Å². The minimum Gasteiger partial charge on any atom is -0.445 e. The minimum atomic E-state index is 0.291. The van der Waals surface area contributed by atoms with Gasteiger partial charge in [-0.3, -0.25) is 0 Å². The molecule has 0 fully saturated rings. The molecule has 0 saturated heterocycles. The molecule has 0 unspecified atom stereocenters. The van der Waals surface area contributed by atoms with Gasteiger partial charge < -0.3 is 14.8 Å². The smallest absolute Gasteiger partial charge is 0.208 e. The number of oxazole rings is 1. The predicted octanol–water partition coefficient (Wildman–Crippen LogP) is 1.24. The van der Waals surface area contributed by atoms with Gasteiger partial charge in [0, 0.05) is 6.61 Å². The van der Waals surface area contributed by atoms with Crippen LogP contribution in [0.1, 0.15) is 30.9 Å². The maximum Gasteiger partial charge on any atom is 0.208 e. The third-order valence-corrected chi connectivity index (χ3v) is 1.96. The molecular weight excluding hydrogens is 180 g/mol. The SMILES string of the molecule is Cc1cnc(CNCCCCCO)o1. The molecule has 1 heterocycles. The van der Waals surface area contributed by atoms with Crippen molar-refractivity contribution in [2.24, 2.45) is 0 Å². The molecule has 4 heteroatoms. The van der Waals surface area contributed by atoms with E-state index in [1.807, 2.05) is 6.92 Å². The van der Waals surface area contributed by atoms with E-state index in [9.17, 15) is 0 Å². The highest BCUT2D eigenvalue weighted by Crippen LogP contribution is 2.00. The van der Waals surface area contributed by atoms with Gasteiger partial charge in [0.25, 0.3) is 0 Å². The molecule has 4 nitrogen and oxygen atoms in total. The van der Waals surface area contributed by atoms with Crippen molar-refractivity contribution < 1.29 is 9.52 Å². The van der Waals surface area contributed by atoms with Gasteiger partial charge >= 0.3 is 0 Å². The summed E-state index contributed by atoms with van der Waals surface area (Å²) in [6.45, 7) is 3.81. The van der Waals surface area contributed by atoms with Crippen LogP contribution in [0.25, 0.3) is 0 Å². The van der Waals surface area contributed by atoms with Gasteiger partial charge in [-0.1, -0.05) is 0 Å². The summed E-state index contributed by atoms with van der Waals surface area (Å²) in [7, 11) is 0. The zero-order valence-electron chi connectivity index (χ0n) is 8.62. The number of aryl methyl sites for hydroxylation is 1. The molecule has 0 aliphatic heterocycles. The summed E-state index contributed by atoms with van der Waals surface area (Å²) in [4.78, 5) is 4.08. The van der Waals surface area contributed by atoms with Crippen molar-refractivity contribution in [2.45, 2.75) is 32.7 Å². The highest BCUT2D eigenvalue weighted by atomic mass is 16.4. The molecule has 0 radical (unpaired) electrons. The van der Waals surface area contributed by atoms with Gasteiger partial charge in [-0.25, -0.2) is 4.98 Å². The second kappa shape index (κ2) is 6.56. The summed E-state index contributed by atoms with van der Waals surface area (Å²) in [5, 5.41) is 11.8. The van der Waals surface area contributed by atoms with Crippen LogP contribution in [-0.4, -0.2) is 23.2 Å². The number of hydrogen-bond acceptors (Lipinski definition) is 4. The molecule has 1 aromatic rings. The zero-order valence-corrected chi connectivity index (χ0v) is 8.62. The van der Waals surface area contributed by atoms with E-state index in [0.29, 0.717) is 13.2 Å². The topological polar surface area (TPSA) is 58.3 Å². The monoisotopic (exact) mass is 198 g/mol. The highest BCUT2D eigenvalue weighted by molar-refractivity contribution is 4.90. The van der Waals surface area contributed by atoms with E-state index in [0.717, 1.165) is 37.5 Å². The zero-order chi connectivity index (χ0) is 10.2. The summed E-state index contributed by atoms with van der Waals surface area (Å²) >= 11 is 0. The Morgan fingerprint density at radius 3 is 2.93 bits per heavy atom. The lowest BCUT2D eigenvalue weighted by Gasteiger charge is -2.00. The van der Waals surface area contributed by atoms with Crippen molar-refractivity contribution in [1.29, 1.82) is 0 Å². The van der Waals surface area contributed by atoms with Gasteiger partial charge in [-0.2, -0.15) is 0 Å². The maximum atomic E-state index is 8.56. The summed E-state index contributed by atoms with van der Waals surface area (Å²) in [5.74, 6) is 1.59. The van der Waals surface area contributed by atoms with Crippen LogP contribution in [0.4, 0.5) is 0 Å².